The van der Waals surface area contributed by atoms with Crippen molar-refractivity contribution < 1.29 is 9.47 Å². The van der Waals surface area contributed by atoms with Gasteiger partial charge in [-0.05, 0) is 75.9 Å². The van der Waals surface area contributed by atoms with Crippen LogP contribution in [0.1, 0.15) is 48.2 Å². The number of nitrogens with zero attached hydrogens (tertiary/aromatic N) is 4. The molecular formula is C41H49Cl3N8O2S. The minimum atomic E-state index is 0. The maximum atomic E-state index is 7.19. The van der Waals surface area contributed by atoms with Crippen LogP contribution >= 0.6 is 48.2 Å². The standard InChI is InChI=1S/C21H25N5OS.C20H22ClN3O.2ClH/c1-15-19(14-25-17-12-16-6-2-3-7-18(16)26-13-17)24-9-8-20(15)27-10-4-5-11-28-21(22)23;1-15-19(22-10-8-20(15)25-11-5-4-9-21)14-23-17-12-16-6-2-3-7-18(16)24-13-17;;/h2-3,6-9,12-13,25H,4-5,10-11,14H2,1H3,(H3,22,23);2-3,6-8,10,12-13,23H,4-5,9,11,14H2,1H3;2*1H. The summed E-state index contributed by atoms with van der Waals surface area (Å²) in [4.78, 5) is 17.9. The molecule has 2 aromatic carbocycles. The Morgan fingerprint density at radius 3 is 1.64 bits per heavy atom. The molecule has 55 heavy (non-hydrogen) atoms. The van der Waals surface area contributed by atoms with E-state index in [1.54, 1.807) is 12.4 Å². The molecule has 14 heteroatoms. The number of hydrogen-bond donors (Lipinski definition) is 4. The summed E-state index contributed by atoms with van der Waals surface area (Å²) in [6.45, 7) is 6.63. The summed E-state index contributed by atoms with van der Waals surface area (Å²) in [7, 11) is 0. The average molecular weight is 824 g/mol. The Morgan fingerprint density at radius 2 is 1.16 bits per heavy atom. The highest BCUT2D eigenvalue weighted by molar-refractivity contribution is 8.13. The number of pyridine rings is 4. The van der Waals surface area contributed by atoms with Crippen molar-refractivity contribution in [3.63, 3.8) is 0 Å². The molecule has 10 nitrogen and oxygen atoms in total. The number of aromatic nitrogens is 4. The molecule has 6 rings (SSSR count). The second kappa shape index (κ2) is 24.1. The zero-order chi connectivity index (χ0) is 37.3. The van der Waals surface area contributed by atoms with Crippen molar-refractivity contribution in [3.05, 3.63) is 120 Å². The third-order valence-electron chi connectivity index (χ3n) is 8.46. The van der Waals surface area contributed by atoms with E-state index in [9.17, 15) is 0 Å². The number of halogens is 3. The van der Waals surface area contributed by atoms with E-state index in [1.165, 1.54) is 11.8 Å². The van der Waals surface area contributed by atoms with Crippen LogP contribution in [0.15, 0.2) is 97.6 Å². The van der Waals surface area contributed by atoms with Crippen molar-refractivity contribution in [1.82, 2.24) is 19.9 Å². The number of rotatable bonds is 17. The summed E-state index contributed by atoms with van der Waals surface area (Å²) in [6, 6.07) is 24.2. The van der Waals surface area contributed by atoms with Gasteiger partial charge in [-0.15, -0.1) is 36.4 Å². The van der Waals surface area contributed by atoms with E-state index in [4.69, 9.17) is 32.2 Å². The lowest BCUT2D eigenvalue weighted by Crippen LogP contribution is -2.07. The highest BCUT2D eigenvalue weighted by atomic mass is 35.5. The Labute approximate surface area is 345 Å². The molecule has 0 bridgehead atoms. The maximum absolute atomic E-state index is 7.19. The first-order chi connectivity index (χ1) is 25.9. The molecule has 4 heterocycles. The third-order valence-corrected chi connectivity index (χ3v) is 9.53. The number of nitrogens with one attached hydrogen (secondary N) is 3. The fourth-order valence-electron chi connectivity index (χ4n) is 5.44. The highest BCUT2D eigenvalue weighted by Gasteiger charge is 2.09. The zero-order valence-corrected chi connectivity index (χ0v) is 34.3. The van der Waals surface area contributed by atoms with Crippen molar-refractivity contribution in [2.45, 2.75) is 52.6 Å². The number of unbranched alkanes of at least 4 members (excludes halogenated alkanes) is 2. The van der Waals surface area contributed by atoms with E-state index in [0.29, 0.717) is 32.2 Å². The van der Waals surface area contributed by atoms with Crippen molar-refractivity contribution >= 4 is 86.5 Å². The summed E-state index contributed by atoms with van der Waals surface area (Å²) in [5.41, 5.74) is 13.3. The summed E-state index contributed by atoms with van der Waals surface area (Å²) in [6.07, 6.45) is 11.1. The maximum Gasteiger partial charge on any atom is 0.151 e. The first-order valence-electron chi connectivity index (χ1n) is 17.8. The van der Waals surface area contributed by atoms with Crippen molar-refractivity contribution in [3.8, 4) is 11.5 Å². The topological polar surface area (TPSA) is 144 Å². The van der Waals surface area contributed by atoms with Crippen LogP contribution in [0.5, 0.6) is 11.5 Å². The predicted molar refractivity (Wildman–Crippen MR) is 235 cm³/mol. The minimum Gasteiger partial charge on any atom is -0.493 e. The molecule has 6 aromatic rings. The van der Waals surface area contributed by atoms with Gasteiger partial charge >= 0.3 is 0 Å². The van der Waals surface area contributed by atoms with E-state index >= 15 is 0 Å². The number of anilines is 2. The number of benzene rings is 2. The number of fused-ring (bicyclic) bond motifs is 2. The first kappa shape index (κ1) is 44.8. The summed E-state index contributed by atoms with van der Waals surface area (Å²) in [5.74, 6) is 3.28. The second-order valence-corrected chi connectivity index (χ2v) is 13.8. The number of alkyl halides is 1. The Bertz CT molecular complexity index is 2090. The van der Waals surface area contributed by atoms with E-state index in [-0.39, 0.29) is 30.0 Å². The lowest BCUT2D eigenvalue weighted by molar-refractivity contribution is 0.307. The molecule has 4 aromatic heterocycles. The Balaban J connectivity index is 0.000000287. The molecule has 5 N–H and O–H groups in total. The Morgan fingerprint density at radius 1 is 0.691 bits per heavy atom. The van der Waals surface area contributed by atoms with Crippen molar-refractivity contribution in [1.29, 1.82) is 5.41 Å². The predicted octanol–water partition coefficient (Wildman–Crippen LogP) is 10.1. The molecule has 0 saturated carbocycles. The molecule has 0 aliphatic carbocycles. The molecule has 0 fully saturated rings. The molecule has 0 amide bonds. The number of thioether (sulfide) groups is 1. The van der Waals surface area contributed by atoms with Crippen LogP contribution in [0.4, 0.5) is 11.4 Å². The van der Waals surface area contributed by atoms with Gasteiger partial charge in [-0.25, -0.2) is 0 Å². The normalized spacial score (nSPS) is 10.4. The van der Waals surface area contributed by atoms with Gasteiger partial charge in [0, 0.05) is 45.9 Å². The van der Waals surface area contributed by atoms with Crippen LogP contribution in [0, 0.1) is 19.3 Å². The SMILES string of the molecule is Cc1c(OCCCCCl)ccnc1CNc1cnc2ccccc2c1.Cc1c(OCCCCSC(=N)N)ccnc1CNc1cnc2ccccc2c1.Cl.Cl. The zero-order valence-electron chi connectivity index (χ0n) is 31.1. The average Bonchev–Trinajstić information content (AvgIpc) is 3.18. The smallest absolute Gasteiger partial charge is 0.151 e. The monoisotopic (exact) mass is 822 g/mol. The fourth-order valence-corrected chi connectivity index (χ4v) is 6.20. The molecule has 0 aliphatic rings. The fraction of sp³-hybridized carbons (Fsp3) is 0.293. The van der Waals surface area contributed by atoms with E-state index in [0.717, 1.165) is 98.6 Å². The van der Waals surface area contributed by atoms with Gasteiger partial charge in [0.1, 0.15) is 11.5 Å². The minimum absolute atomic E-state index is 0. The van der Waals surface area contributed by atoms with Crippen LogP contribution in [-0.2, 0) is 13.1 Å². The van der Waals surface area contributed by atoms with Gasteiger partial charge in [0.05, 0.1) is 72.5 Å². The number of hydrogen-bond acceptors (Lipinski definition) is 10. The summed E-state index contributed by atoms with van der Waals surface area (Å²) >= 11 is 7.07. The van der Waals surface area contributed by atoms with Crippen LogP contribution in [0.3, 0.4) is 0 Å². The van der Waals surface area contributed by atoms with Gasteiger partial charge in [0.2, 0.25) is 0 Å². The molecule has 0 spiro atoms. The van der Waals surface area contributed by atoms with E-state index in [2.05, 4.69) is 54.8 Å². The van der Waals surface area contributed by atoms with E-state index in [1.807, 2.05) is 74.8 Å². The van der Waals surface area contributed by atoms with Gasteiger partial charge in [0.15, 0.2) is 5.17 Å². The highest BCUT2D eigenvalue weighted by Crippen LogP contribution is 2.24. The Kier molecular flexibility index (Phi) is 19.6. The molecule has 0 aliphatic heterocycles. The van der Waals surface area contributed by atoms with Gasteiger partial charge in [0.25, 0.3) is 0 Å². The number of ether oxygens (including phenoxy) is 2. The molecule has 0 atom stereocenters. The third kappa shape index (κ3) is 14.2. The van der Waals surface area contributed by atoms with Gasteiger partial charge < -0.3 is 25.8 Å². The van der Waals surface area contributed by atoms with E-state index < -0.39 is 0 Å². The number of amidine groups is 1. The molecule has 0 saturated heterocycles. The van der Waals surface area contributed by atoms with Crippen LogP contribution in [-0.4, -0.2) is 50.0 Å². The van der Waals surface area contributed by atoms with Crippen LogP contribution in [0.25, 0.3) is 21.8 Å². The first-order valence-corrected chi connectivity index (χ1v) is 19.3. The number of para-hydroxylation sites is 2. The van der Waals surface area contributed by atoms with Crippen LogP contribution < -0.4 is 25.8 Å². The van der Waals surface area contributed by atoms with Crippen molar-refractivity contribution in [2.75, 3.05) is 35.5 Å². The molecule has 0 radical (unpaired) electrons. The number of nitrogens with two attached hydrogens (primary N) is 1. The quantitative estimate of drug-likeness (QED) is 0.0304. The molecule has 292 valence electrons. The lowest BCUT2D eigenvalue weighted by atomic mass is 10.2. The van der Waals surface area contributed by atoms with Gasteiger partial charge in [-0.2, -0.15) is 0 Å². The lowest BCUT2D eigenvalue weighted by Gasteiger charge is -2.13. The molecular weight excluding hydrogens is 775 g/mol. The van der Waals surface area contributed by atoms with Gasteiger partial charge in [-0.3, -0.25) is 25.3 Å². The summed E-state index contributed by atoms with van der Waals surface area (Å²) < 4.78 is 11.8. The summed E-state index contributed by atoms with van der Waals surface area (Å²) in [5, 5.41) is 16.4. The van der Waals surface area contributed by atoms with Crippen LogP contribution in [0.2, 0.25) is 0 Å². The largest absolute Gasteiger partial charge is 0.493 e. The van der Waals surface area contributed by atoms with Crippen molar-refractivity contribution in [2.24, 2.45) is 5.73 Å². The second-order valence-electron chi connectivity index (χ2n) is 12.3. The molecule has 0 unspecified atom stereocenters. The Hall–Kier alpha value is -4.55. The van der Waals surface area contributed by atoms with Gasteiger partial charge in [-0.1, -0.05) is 48.2 Å².